The van der Waals surface area contributed by atoms with Crippen LogP contribution in [-0.4, -0.2) is 53.4 Å². The lowest BCUT2D eigenvalue weighted by Gasteiger charge is -2.47. The highest BCUT2D eigenvalue weighted by Crippen LogP contribution is 2.53. The number of rotatable bonds is 7. The topological polar surface area (TPSA) is 62.7 Å². The third-order valence-electron chi connectivity index (χ3n) is 7.17. The molecule has 0 spiro atoms. The lowest BCUT2D eigenvalue weighted by molar-refractivity contribution is -0.256. The quantitative estimate of drug-likeness (QED) is 0.514. The zero-order valence-electron chi connectivity index (χ0n) is 19.0. The molecule has 0 atom stereocenters. The number of aromatic nitrogens is 1. The van der Waals surface area contributed by atoms with Gasteiger partial charge in [0.1, 0.15) is 0 Å². The van der Waals surface area contributed by atoms with Crippen molar-refractivity contribution in [3.63, 3.8) is 0 Å². The van der Waals surface area contributed by atoms with Gasteiger partial charge in [0.25, 0.3) is 0 Å². The number of piperidine rings is 1. The number of carboxylic acids is 1. The summed E-state index contributed by atoms with van der Waals surface area (Å²) in [6.07, 6.45) is -0.253. The average Bonchev–Trinajstić information content (AvgIpc) is 2.75. The summed E-state index contributed by atoms with van der Waals surface area (Å²) in [5.41, 5.74) is 0.0548. The van der Waals surface area contributed by atoms with E-state index in [0.717, 1.165) is 0 Å². The molecular weight excluding hydrogens is 452 g/mol. The summed E-state index contributed by atoms with van der Waals surface area (Å²) in [6.45, 7) is 3.19. The molecule has 1 aliphatic heterocycles. The molecule has 2 fully saturated rings. The molecule has 34 heavy (non-hydrogen) atoms. The molecule has 5 nitrogen and oxygen atoms in total. The van der Waals surface area contributed by atoms with Gasteiger partial charge in [-0.2, -0.15) is 13.2 Å². The largest absolute Gasteiger partial charge is 0.490 e. The molecule has 1 aliphatic carbocycles. The molecule has 4 rings (SSSR count). The first-order valence-corrected chi connectivity index (χ1v) is 11.5. The van der Waals surface area contributed by atoms with Gasteiger partial charge in [0.05, 0.1) is 12.0 Å². The molecule has 0 radical (unpaired) electrons. The summed E-state index contributed by atoms with van der Waals surface area (Å²) in [5, 5.41) is 9.10. The Morgan fingerprint density at radius 1 is 1.21 bits per heavy atom. The molecule has 184 valence electrons. The molecule has 9 heteroatoms. The van der Waals surface area contributed by atoms with E-state index >= 15 is 0 Å². The van der Waals surface area contributed by atoms with E-state index in [1.807, 2.05) is 4.90 Å². The number of aryl methyl sites for hydroxylation is 1. The smallest absolute Gasteiger partial charge is 0.395 e. The number of alkyl halides is 3. The van der Waals surface area contributed by atoms with Crippen molar-refractivity contribution in [3.05, 3.63) is 47.5 Å². The van der Waals surface area contributed by atoms with Crippen molar-refractivity contribution in [2.75, 3.05) is 26.2 Å². The molecule has 2 aromatic rings. The van der Waals surface area contributed by atoms with E-state index in [4.69, 9.17) is 9.84 Å². The fraction of sp³-hybridized carbons (Fsp3) is 0.520. The molecule has 1 saturated carbocycles. The minimum Gasteiger partial charge on any atom is -0.490 e. The van der Waals surface area contributed by atoms with Crippen LogP contribution in [0.2, 0.25) is 0 Å². The lowest BCUT2D eigenvalue weighted by atomic mass is 9.67. The number of hydrogen-bond acceptors (Lipinski definition) is 4. The second kappa shape index (κ2) is 9.52. The number of hydrogen-bond donors (Lipinski definition) is 1. The van der Waals surface area contributed by atoms with E-state index in [1.165, 1.54) is 18.3 Å². The van der Waals surface area contributed by atoms with Crippen molar-refractivity contribution in [2.24, 2.45) is 11.3 Å². The van der Waals surface area contributed by atoms with Gasteiger partial charge in [0, 0.05) is 18.3 Å². The van der Waals surface area contributed by atoms with E-state index in [0.29, 0.717) is 55.6 Å². The first-order chi connectivity index (χ1) is 16.1. The highest BCUT2D eigenvalue weighted by Gasteiger charge is 2.58. The number of nitrogens with zero attached hydrogens (tertiary/aromatic N) is 2. The van der Waals surface area contributed by atoms with E-state index in [2.05, 4.69) is 4.98 Å². The van der Waals surface area contributed by atoms with Crippen molar-refractivity contribution in [1.82, 2.24) is 9.88 Å². The van der Waals surface area contributed by atoms with Gasteiger partial charge in [-0.05, 0) is 80.9 Å². The summed E-state index contributed by atoms with van der Waals surface area (Å²) in [6, 6.07) is 6.19. The monoisotopic (exact) mass is 480 g/mol. The Bertz CT molecular complexity index is 1040. The van der Waals surface area contributed by atoms with Crippen LogP contribution in [0.15, 0.2) is 30.5 Å². The third-order valence-corrected chi connectivity index (χ3v) is 7.17. The highest BCUT2D eigenvalue weighted by molar-refractivity contribution is 5.87. The summed E-state index contributed by atoms with van der Waals surface area (Å²) in [4.78, 5) is 17.0. The second-order valence-corrected chi connectivity index (χ2v) is 9.50. The van der Waals surface area contributed by atoms with Gasteiger partial charge in [-0.25, -0.2) is 14.2 Å². The Balaban J connectivity index is 1.30. The van der Waals surface area contributed by atoms with Gasteiger partial charge in [-0.15, -0.1) is 0 Å². The van der Waals surface area contributed by atoms with Gasteiger partial charge in [-0.3, -0.25) is 0 Å². The van der Waals surface area contributed by atoms with Crippen LogP contribution in [0.5, 0.6) is 5.75 Å². The van der Waals surface area contributed by atoms with Crippen LogP contribution >= 0.6 is 0 Å². The van der Waals surface area contributed by atoms with Crippen LogP contribution in [0.25, 0.3) is 11.1 Å². The van der Waals surface area contributed by atoms with Gasteiger partial charge in [-0.1, -0.05) is 12.5 Å². The van der Waals surface area contributed by atoms with Crippen LogP contribution in [0.3, 0.4) is 0 Å². The molecule has 1 saturated heterocycles. The van der Waals surface area contributed by atoms with Gasteiger partial charge < -0.3 is 14.7 Å². The number of likely N-dealkylation sites (tertiary alicyclic amines) is 1. The Morgan fingerprint density at radius 3 is 2.44 bits per heavy atom. The Labute approximate surface area is 195 Å². The fourth-order valence-electron chi connectivity index (χ4n) is 4.84. The molecule has 1 N–H and O–H groups in total. The average molecular weight is 481 g/mol. The summed E-state index contributed by atoms with van der Waals surface area (Å²) in [5.74, 6) is -1.38. The zero-order chi connectivity index (χ0) is 24.5. The van der Waals surface area contributed by atoms with Crippen LogP contribution in [0.1, 0.15) is 48.2 Å². The van der Waals surface area contributed by atoms with Crippen molar-refractivity contribution >= 4 is 5.97 Å². The molecule has 2 heterocycles. The van der Waals surface area contributed by atoms with E-state index in [1.54, 1.807) is 19.1 Å². The maximum Gasteiger partial charge on any atom is 0.395 e. The molecule has 0 bridgehead atoms. The van der Waals surface area contributed by atoms with Crippen molar-refractivity contribution in [3.8, 4) is 16.9 Å². The number of halogens is 4. The normalized spacial score (nSPS) is 19.0. The summed E-state index contributed by atoms with van der Waals surface area (Å²) >= 11 is 0. The Morgan fingerprint density at radius 2 is 1.91 bits per heavy atom. The number of pyridine rings is 1. The van der Waals surface area contributed by atoms with Crippen molar-refractivity contribution < 1.29 is 32.2 Å². The van der Waals surface area contributed by atoms with Gasteiger partial charge in [0.2, 0.25) is 0 Å². The van der Waals surface area contributed by atoms with E-state index in [-0.39, 0.29) is 36.7 Å². The van der Waals surface area contributed by atoms with Gasteiger partial charge >= 0.3 is 12.1 Å². The van der Waals surface area contributed by atoms with Crippen molar-refractivity contribution in [1.29, 1.82) is 0 Å². The summed E-state index contributed by atoms with van der Waals surface area (Å²) < 4.78 is 60.6. The standard InChI is InChI=1S/C25H28F4N2O3/c1-16-11-19(13-30-22(16)23(32)33)18-3-4-21(20(26)12-18)34-14-17-5-9-31(10-6-17)15-24(7-2-8-24)25(27,28)29/h3-4,11-13,17H,2,5-10,14-15H2,1H3,(H,32,33). The minimum atomic E-state index is -4.15. The SMILES string of the molecule is Cc1cc(-c2ccc(OCC3CCN(CC4(C(F)(F)F)CCC4)CC3)c(F)c2)cnc1C(=O)O. The number of benzene rings is 1. The molecule has 1 aromatic carbocycles. The minimum absolute atomic E-state index is 0.0449. The predicted molar refractivity (Wildman–Crippen MR) is 118 cm³/mol. The molecule has 0 unspecified atom stereocenters. The lowest BCUT2D eigenvalue weighted by Crippen LogP contribution is -2.53. The zero-order valence-corrected chi connectivity index (χ0v) is 19.0. The maximum absolute atomic E-state index is 14.6. The van der Waals surface area contributed by atoms with E-state index in [9.17, 15) is 22.4 Å². The second-order valence-electron chi connectivity index (χ2n) is 9.50. The van der Waals surface area contributed by atoms with Crippen LogP contribution in [-0.2, 0) is 0 Å². The number of carbonyl (C=O) groups is 1. The van der Waals surface area contributed by atoms with Gasteiger partial charge in [0.15, 0.2) is 17.3 Å². The number of ether oxygens (including phenoxy) is 1. The van der Waals surface area contributed by atoms with Crippen molar-refractivity contribution in [2.45, 2.75) is 45.2 Å². The third kappa shape index (κ3) is 5.04. The molecule has 1 aromatic heterocycles. The molecule has 0 amide bonds. The highest BCUT2D eigenvalue weighted by atomic mass is 19.4. The Hall–Kier alpha value is -2.68. The first-order valence-electron chi connectivity index (χ1n) is 11.5. The van der Waals surface area contributed by atoms with Crippen LogP contribution in [0, 0.1) is 24.1 Å². The summed E-state index contributed by atoms with van der Waals surface area (Å²) in [7, 11) is 0. The number of carboxylic acid groups (broad SMARTS) is 1. The number of aromatic carboxylic acids is 1. The molecular formula is C25H28F4N2O3. The first kappa shape index (κ1) is 24.4. The molecule has 2 aliphatic rings. The predicted octanol–water partition coefficient (Wildman–Crippen LogP) is 5.72. The fourth-order valence-corrected chi connectivity index (χ4v) is 4.84. The van der Waals surface area contributed by atoms with Crippen LogP contribution < -0.4 is 4.74 Å². The Kier molecular flexibility index (Phi) is 6.85. The van der Waals surface area contributed by atoms with Crippen LogP contribution in [0.4, 0.5) is 17.6 Å². The van der Waals surface area contributed by atoms with E-state index < -0.39 is 23.4 Å². The maximum atomic E-state index is 14.6.